The van der Waals surface area contributed by atoms with Crippen LogP contribution in [0.5, 0.6) is 11.5 Å². The summed E-state index contributed by atoms with van der Waals surface area (Å²) in [6, 6.07) is 3.56. The lowest BCUT2D eigenvalue weighted by molar-refractivity contribution is 0.294. The number of rotatable bonds is 7. The largest absolute Gasteiger partial charge is 0.493 e. The maximum absolute atomic E-state index is 6.23. The smallest absolute Gasteiger partial charge is 0.205 e. The summed E-state index contributed by atoms with van der Waals surface area (Å²) in [7, 11) is 1.57. The molecule has 0 bridgehead atoms. The zero-order chi connectivity index (χ0) is 15.9. The Hall–Kier alpha value is -1.99. The summed E-state index contributed by atoms with van der Waals surface area (Å²) in [4.78, 5) is 4.04. The van der Waals surface area contributed by atoms with E-state index < -0.39 is 0 Å². The van der Waals surface area contributed by atoms with Gasteiger partial charge in [-0.3, -0.25) is 5.43 Å². The predicted molar refractivity (Wildman–Crippen MR) is 91.5 cm³/mol. The molecule has 118 valence electrons. The van der Waals surface area contributed by atoms with Crippen molar-refractivity contribution < 1.29 is 9.47 Å². The third-order valence-electron chi connectivity index (χ3n) is 2.60. The van der Waals surface area contributed by atoms with Gasteiger partial charge in [-0.05, 0) is 24.1 Å². The Bertz CT molecular complexity index is 660. The minimum absolute atomic E-state index is 0.463. The van der Waals surface area contributed by atoms with Gasteiger partial charge in [0, 0.05) is 5.38 Å². The quantitative estimate of drug-likeness (QED) is 0.594. The third kappa shape index (κ3) is 4.25. The minimum Gasteiger partial charge on any atom is -0.493 e. The molecule has 1 aromatic carbocycles. The first-order chi connectivity index (χ1) is 10.6. The Morgan fingerprint density at radius 2 is 2.32 bits per heavy atom. The molecule has 1 heterocycles. The number of halogens is 1. The Kier molecular flexibility index (Phi) is 5.85. The van der Waals surface area contributed by atoms with E-state index in [0.29, 0.717) is 34.1 Å². The minimum atomic E-state index is 0.463. The number of nitrogens with one attached hydrogen (secondary N) is 1. The molecule has 0 aliphatic heterocycles. The fourth-order valence-corrected chi connectivity index (χ4v) is 2.48. The van der Waals surface area contributed by atoms with E-state index in [1.807, 2.05) is 6.92 Å². The van der Waals surface area contributed by atoms with Crippen LogP contribution < -0.4 is 20.6 Å². The number of methoxy groups -OCH3 is 1. The number of thiazole rings is 1. The standard InChI is InChI=1S/C14H17ClN4O2S/c1-3-4-21-13-10(15)5-9(6-11(13)20-2)7-17-19-14-18-12(16)8-22-14/h5-8H,3-4,16H2,1-2H3,(H,18,19). The highest BCUT2D eigenvalue weighted by atomic mass is 35.5. The van der Waals surface area contributed by atoms with E-state index in [0.717, 1.165) is 12.0 Å². The van der Waals surface area contributed by atoms with Gasteiger partial charge in [-0.2, -0.15) is 5.10 Å². The zero-order valence-electron chi connectivity index (χ0n) is 12.3. The van der Waals surface area contributed by atoms with Crippen molar-refractivity contribution in [2.75, 3.05) is 24.9 Å². The number of hydrogen-bond donors (Lipinski definition) is 2. The topological polar surface area (TPSA) is 81.8 Å². The lowest BCUT2D eigenvalue weighted by Crippen LogP contribution is -2.00. The van der Waals surface area contributed by atoms with Crippen LogP contribution >= 0.6 is 22.9 Å². The van der Waals surface area contributed by atoms with Crippen molar-refractivity contribution in [3.63, 3.8) is 0 Å². The van der Waals surface area contributed by atoms with Gasteiger partial charge in [-0.1, -0.05) is 18.5 Å². The molecule has 0 atom stereocenters. The highest BCUT2D eigenvalue weighted by Gasteiger charge is 2.11. The second-order valence-corrected chi connectivity index (χ2v) is 5.60. The summed E-state index contributed by atoms with van der Waals surface area (Å²) in [5.41, 5.74) is 9.12. The maximum Gasteiger partial charge on any atom is 0.205 e. The van der Waals surface area contributed by atoms with Gasteiger partial charge in [0.05, 0.1) is 25.0 Å². The maximum atomic E-state index is 6.23. The van der Waals surface area contributed by atoms with Crippen molar-refractivity contribution in [2.24, 2.45) is 5.10 Å². The lowest BCUT2D eigenvalue weighted by atomic mass is 10.2. The summed E-state index contributed by atoms with van der Waals surface area (Å²) >= 11 is 7.61. The first-order valence-electron chi connectivity index (χ1n) is 6.64. The van der Waals surface area contributed by atoms with E-state index in [-0.39, 0.29) is 0 Å². The number of ether oxygens (including phenoxy) is 2. The fourth-order valence-electron chi connectivity index (χ4n) is 1.66. The first kappa shape index (κ1) is 16.4. The van der Waals surface area contributed by atoms with Crippen LogP contribution in [-0.4, -0.2) is 24.9 Å². The Labute approximate surface area is 137 Å². The average molecular weight is 341 g/mol. The van der Waals surface area contributed by atoms with Crippen LogP contribution in [0.4, 0.5) is 10.9 Å². The van der Waals surface area contributed by atoms with Crippen LogP contribution in [0.1, 0.15) is 18.9 Å². The third-order valence-corrected chi connectivity index (χ3v) is 3.64. The number of hydrazone groups is 1. The Morgan fingerprint density at radius 3 is 2.95 bits per heavy atom. The van der Waals surface area contributed by atoms with Crippen LogP contribution in [0.3, 0.4) is 0 Å². The summed E-state index contributed by atoms with van der Waals surface area (Å²) in [6.45, 7) is 2.61. The molecule has 0 amide bonds. The number of hydrogen-bond acceptors (Lipinski definition) is 7. The van der Waals surface area contributed by atoms with Crippen molar-refractivity contribution in [3.05, 3.63) is 28.1 Å². The van der Waals surface area contributed by atoms with Crippen LogP contribution in [0, 0.1) is 0 Å². The molecule has 0 spiro atoms. The molecule has 1 aromatic heterocycles. The second-order valence-electron chi connectivity index (χ2n) is 4.33. The Morgan fingerprint density at radius 1 is 1.50 bits per heavy atom. The lowest BCUT2D eigenvalue weighted by Gasteiger charge is -2.12. The number of benzene rings is 1. The summed E-state index contributed by atoms with van der Waals surface area (Å²) in [5, 5.41) is 6.93. The average Bonchev–Trinajstić information content (AvgIpc) is 2.91. The summed E-state index contributed by atoms with van der Waals surface area (Å²) < 4.78 is 10.9. The summed E-state index contributed by atoms with van der Waals surface area (Å²) in [5.74, 6) is 1.58. The fraction of sp³-hybridized carbons (Fsp3) is 0.286. The second kappa shape index (κ2) is 7.86. The van der Waals surface area contributed by atoms with Crippen molar-refractivity contribution in [3.8, 4) is 11.5 Å². The van der Waals surface area contributed by atoms with Crippen LogP contribution in [-0.2, 0) is 0 Å². The highest BCUT2D eigenvalue weighted by molar-refractivity contribution is 7.14. The SMILES string of the molecule is CCCOc1c(Cl)cc(C=NNc2nc(N)cs2)cc1OC. The monoisotopic (exact) mass is 340 g/mol. The van der Waals surface area contributed by atoms with Crippen LogP contribution in [0.15, 0.2) is 22.6 Å². The molecule has 2 rings (SSSR count). The van der Waals surface area contributed by atoms with E-state index in [4.69, 9.17) is 26.8 Å². The van der Waals surface area contributed by atoms with E-state index in [1.165, 1.54) is 11.3 Å². The number of anilines is 2. The predicted octanol–water partition coefficient (Wildman–Crippen LogP) is 3.62. The van der Waals surface area contributed by atoms with Gasteiger partial charge in [0.2, 0.25) is 5.13 Å². The van der Waals surface area contributed by atoms with Crippen LogP contribution in [0.2, 0.25) is 5.02 Å². The van der Waals surface area contributed by atoms with E-state index in [2.05, 4.69) is 15.5 Å². The molecule has 8 heteroatoms. The van der Waals surface area contributed by atoms with E-state index in [9.17, 15) is 0 Å². The number of nitrogens with zero attached hydrogens (tertiary/aromatic N) is 2. The first-order valence-corrected chi connectivity index (χ1v) is 7.90. The molecule has 3 N–H and O–H groups in total. The van der Waals surface area contributed by atoms with Gasteiger partial charge in [-0.15, -0.1) is 11.3 Å². The molecule has 0 aliphatic rings. The van der Waals surface area contributed by atoms with Crippen molar-refractivity contribution in [1.29, 1.82) is 0 Å². The van der Waals surface area contributed by atoms with Gasteiger partial charge in [0.1, 0.15) is 5.82 Å². The molecule has 0 saturated carbocycles. The molecule has 0 aliphatic carbocycles. The summed E-state index contributed by atoms with van der Waals surface area (Å²) in [6.07, 6.45) is 2.51. The number of aromatic nitrogens is 1. The normalized spacial score (nSPS) is 10.9. The molecule has 0 unspecified atom stereocenters. The molecule has 0 saturated heterocycles. The van der Waals surface area contributed by atoms with Gasteiger partial charge in [0.15, 0.2) is 11.5 Å². The van der Waals surface area contributed by atoms with Crippen molar-refractivity contribution in [2.45, 2.75) is 13.3 Å². The number of nitrogens with two attached hydrogens (primary N) is 1. The Balaban J connectivity index is 2.12. The number of nitrogen functional groups attached to an aromatic ring is 1. The molecule has 2 aromatic rings. The molecular weight excluding hydrogens is 324 g/mol. The van der Waals surface area contributed by atoms with Gasteiger partial charge >= 0.3 is 0 Å². The van der Waals surface area contributed by atoms with Crippen molar-refractivity contribution in [1.82, 2.24) is 4.98 Å². The zero-order valence-corrected chi connectivity index (χ0v) is 13.9. The highest BCUT2D eigenvalue weighted by Crippen LogP contribution is 2.36. The van der Waals surface area contributed by atoms with Gasteiger partial charge in [-0.25, -0.2) is 4.98 Å². The van der Waals surface area contributed by atoms with Crippen molar-refractivity contribution >= 4 is 40.1 Å². The van der Waals surface area contributed by atoms with E-state index >= 15 is 0 Å². The molecule has 22 heavy (non-hydrogen) atoms. The van der Waals surface area contributed by atoms with Gasteiger partial charge in [0.25, 0.3) is 0 Å². The van der Waals surface area contributed by atoms with E-state index in [1.54, 1.807) is 30.8 Å². The van der Waals surface area contributed by atoms with Gasteiger partial charge < -0.3 is 15.2 Å². The van der Waals surface area contributed by atoms with Crippen LogP contribution in [0.25, 0.3) is 0 Å². The molecule has 0 fully saturated rings. The molecule has 0 radical (unpaired) electrons. The molecular formula is C14H17ClN4O2S. The molecule has 6 nitrogen and oxygen atoms in total.